The molecule has 1 aliphatic rings. The van der Waals surface area contributed by atoms with E-state index in [1.165, 1.54) is 12.5 Å². The van der Waals surface area contributed by atoms with Gasteiger partial charge in [-0.2, -0.15) is 0 Å². The van der Waals surface area contributed by atoms with E-state index in [0.29, 0.717) is 12.5 Å². The first-order chi connectivity index (χ1) is 9.51. The van der Waals surface area contributed by atoms with Crippen LogP contribution in [0.4, 0.5) is 4.39 Å². The molecule has 0 bridgehead atoms. The summed E-state index contributed by atoms with van der Waals surface area (Å²) in [6.45, 7) is 3.78. The molecule has 2 atom stereocenters. The topological polar surface area (TPSA) is 32.5 Å². The maximum atomic E-state index is 13.5. The first-order valence-corrected chi connectivity index (χ1v) is 7.84. The minimum atomic E-state index is -0.212. The molecule has 0 aromatic heterocycles. The van der Waals surface area contributed by atoms with E-state index in [1.54, 1.807) is 12.1 Å². The number of likely N-dealkylation sites (tertiary alicyclic amines) is 1. The Balaban J connectivity index is 2.08. The van der Waals surface area contributed by atoms with Gasteiger partial charge in [0, 0.05) is 30.1 Å². The molecule has 2 unspecified atom stereocenters. The molecule has 0 saturated carbocycles. The zero-order chi connectivity index (χ0) is 14.7. The van der Waals surface area contributed by atoms with Crippen molar-refractivity contribution in [3.05, 3.63) is 34.1 Å². The highest BCUT2D eigenvalue weighted by Crippen LogP contribution is 2.28. The largest absolute Gasteiger partial charge is 0.329 e. The van der Waals surface area contributed by atoms with E-state index in [-0.39, 0.29) is 11.9 Å². The molecule has 1 aromatic carbocycles. The third kappa shape index (κ3) is 3.79. The first-order valence-electron chi connectivity index (χ1n) is 7.05. The van der Waals surface area contributed by atoms with Gasteiger partial charge in [-0.3, -0.25) is 4.90 Å². The number of nitrogens with zero attached hydrogens (tertiary/aromatic N) is 2. The Labute approximate surface area is 129 Å². The Bertz CT molecular complexity index is 455. The van der Waals surface area contributed by atoms with Crippen molar-refractivity contribution in [1.29, 1.82) is 0 Å². The molecule has 0 spiro atoms. The van der Waals surface area contributed by atoms with Crippen molar-refractivity contribution in [1.82, 2.24) is 9.80 Å². The molecule has 112 valence electrons. The highest BCUT2D eigenvalue weighted by molar-refractivity contribution is 9.10. The third-order valence-corrected chi connectivity index (χ3v) is 4.83. The third-order valence-electron chi connectivity index (χ3n) is 4.11. The molecule has 1 aromatic rings. The Morgan fingerprint density at radius 3 is 2.90 bits per heavy atom. The Morgan fingerprint density at radius 1 is 1.55 bits per heavy atom. The van der Waals surface area contributed by atoms with Crippen LogP contribution in [0.25, 0.3) is 0 Å². The first kappa shape index (κ1) is 15.9. The van der Waals surface area contributed by atoms with Crippen molar-refractivity contribution < 1.29 is 4.39 Å². The normalized spacial score (nSPS) is 21.6. The molecule has 1 saturated heterocycles. The maximum absolute atomic E-state index is 13.5. The highest BCUT2D eigenvalue weighted by Gasteiger charge is 2.25. The van der Waals surface area contributed by atoms with Crippen molar-refractivity contribution in [2.45, 2.75) is 12.5 Å². The second kappa shape index (κ2) is 6.98. The van der Waals surface area contributed by atoms with E-state index in [0.717, 1.165) is 29.7 Å². The smallest absolute Gasteiger partial charge is 0.123 e. The van der Waals surface area contributed by atoms with Crippen molar-refractivity contribution in [3.63, 3.8) is 0 Å². The van der Waals surface area contributed by atoms with Gasteiger partial charge in [0.2, 0.25) is 0 Å². The van der Waals surface area contributed by atoms with E-state index < -0.39 is 0 Å². The molecular formula is C15H23BrFN3. The second-order valence-corrected chi connectivity index (χ2v) is 6.63. The molecule has 1 aliphatic heterocycles. The summed E-state index contributed by atoms with van der Waals surface area (Å²) in [5, 5.41) is 0. The van der Waals surface area contributed by atoms with Gasteiger partial charge in [-0.05, 0) is 56.7 Å². The van der Waals surface area contributed by atoms with E-state index in [1.807, 2.05) is 0 Å². The van der Waals surface area contributed by atoms with Crippen LogP contribution in [-0.4, -0.2) is 50.1 Å². The summed E-state index contributed by atoms with van der Waals surface area (Å²) in [4.78, 5) is 4.61. The number of rotatable bonds is 5. The lowest BCUT2D eigenvalue weighted by Crippen LogP contribution is -2.35. The Kier molecular flexibility index (Phi) is 5.55. The van der Waals surface area contributed by atoms with Gasteiger partial charge in [0.15, 0.2) is 0 Å². The van der Waals surface area contributed by atoms with Crippen molar-refractivity contribution >= 4 is 15.9 Å². The lowest BCUT2D eigenvalue weighted by molar-refractivity contribution is 0.211. The Hall–Kier alpha value is -0.490. The molecule has 1 heterocycles. The predicted molar refractivity (Wildman–Crippen MR) is 84.1 cm³/mol. The molecule has 3 nitrogen and oxygen atoms in total. The maximum Gasteiger partial charge on any atom is 0.123 e. The van der Waals surface area contributed by atoms with Gasteiger partial charge in [0.1, 0.15) is 5.82 Å². The van der Waals surface area contributed by atoms with Gasteiger partial charge in [-0.25, -0.2) is 4.39 Å². The van der Waals surface area contributed by atoms with Crippen LogP contribution in [-0.2, 0) is 0 Å². The number of halogens is 2. The fourth-order valence-corrected chi connectivity index (χ4v) is 3.54. The number of hydrogen-bond acceptors (Lipinski definition) is 3. The van der Waals surface area contributed by atoms with Crippen LogP contribution in [0.2, 0.25) is 0 Å². The summed E-state index contributed by atoms with van der Waals surface area (Å²) in [5.41, 5.74) is 6.86. The van der Waals surface area contributed by atoms with Gasteiger partial charge >= 0.3 is 0 Å². The fourth-order valence-electron chi connectivity index (χ4n) is 3.02. The van der Waals surface area contributed by atoms with E-state index in [4.69, 9.17) is 5.73 Å². The molecule has 0 amide bonds. The van der Waals surface area contributed by atoms with Gasteiger partial charge in [0.25, 0.3) is 0 Å². The minimum Gasteiger partial charge on any atom is -0.329 e. The molecular weight excluding hydrogens is 321 g/mol. The van der Waals surface area contributed by atoms with Crippen molar-refractivity contribution in [3.8, 4) is 0 Å². The summed E-state index contributed by atoms with van der Waals surface area (Å²) in [6.07, 6.45) is 1.22. The van der Waals surface area contributed by atoms with Crippen LogP contribution < -0.4 is 5.73 Å². The summed E-state index contributed by atoms with van der Waals surface area (Å²) < 4.78 is 14.4. The monoisotopic (exact) mass is 343 g/mol. The van der Waals surface area contributed by atoms with Crippen LogP contribution in [0.5, 0.6) is 0 Å². The molecule has 2 rings (SSSR count). The number of benzene rings is 1. The summed E-state index contributed by atoms with van der Waals surface area (Å²) in [6, 6.07) is 4.85. The molecule has 2 N–H and O–H groups in total. The van der Waals surface area contributed by atoms with Crippen molar-refractivity contribution in [2.75, 3.05) is 40.3 Å². The van der Waals surface area contributed by atoms with Crippen molar-refractivity contribution in [2.24, 2.45) is 11.7 Å². The minimum absolute atomic E-state index is 0.0472. The number of likely N-dealkylation sites (N-methyl/N-ethyl adjacent to an activating group) is 1. The van der Waals surface area contributed by atoms with Crippen LogP contribution >= 0.6 is 15.9 Å². The van der Waals surface area contributed by atoms with E-state index in [9.17, 15) is 4.39 Å². The summed E-state index contributed by atoms with van der Waals surface area (Å²) >= 11 is 3.51. The quantitative estimate of drug-likeness (QED) is 0.891. The standard InChI is InChI=1S/C15H23BrFN3/c1-19-6-5-11(9-19)10-20(2)15(8-18)13-7-12(17)3-4-14(13)16/h3-4,7,11,15H,5-6,8-10,18H2,1-2H3. The van der Waals surface area contributed by atoms with Crippen LogP contribution in [0.1, 0.15) is 18.0 Å². The van der Waals surface area contributed by atoms with E-state index >= 15 is 0 Å². The zero-order valence-corrected chi connectivity index (χ0v) is 13.7. The van der Waals surface area contributed by atoms with Crippen LogP contribution in [0, 0.1) is 11.7 Å². The van der Waals surface area contributed by atoms with Gasteiger partial charge in [-0.1, -0.05) is 15.9 Å². The second-order valence-electron chi connectivity index (χ2n) is 5.77. The van der Waals surface area contributed by atoms with Crippen LogP contribution in [0.15, 0.2) is 22.7 Å². The molecule has 20 heavy (non-hydrogen) atoms. The van der Waals surface area contributed by atoms with E-state index in [2.05, 4.69) is 39.8 Å². The Morgan fingerprint density at radius 2 is 2.30 bits per heavy atom. The summed E-state index contributed by atoms with van der Waals surface area (Å²) in [7, 11) is 4.23. The van der Waals surface area contributed by atoms with Gasteiger partial charge in [-0.15, -0.1) is 0 Å². The molecule has 0 aliphatic carbocycles. The predicted octanol–water partition coefficient (Wildman–Crippen LogP) is 2.47. The van der Waals surface area contributed by atoms with Gasteiger partial charge < -0.3 is 10.6 Å². The SMILES string of the molecule is CN1CCC(CN(C)C(CN)c2cc(F)ccc2Br)C1. The number of hydrogen-bond donors (Lipinski definition) is 1. The fraction of sp³-hybridized carbons (Fsp3) is 0.600. The molecule has 5 heteroatoms. The van der Waals surface area contributed by atoms with Gasteiger partial charge in [0.05, 0.1) is 0 Å². The molecule has 0 radical (unpaired) electrons. The average Bonchev–Trinajstić information content (AvgIpc) is 2.80. The number of nitrogens with two attached hydrogens (primary N) is 1. The molecule has 1 fully saturated rings. The zero-order valence-electron chi connectivity index (χ0n) is 12.1. The summed E-state index contributed by atoms with van der Waals surface area (Å²) in [5.74, 6) is 0.460. The van der Waals surface area contributed by atoms with Crippen LogP contribution in [0.3, 0.4) is 0 Å². The average molecular weight is 344 g/mol. The lowest BCUT2D eigenvalue weighted by atomic mass is 10.0. The highest BCUT2D eigenvalue weighted by atomic mass is 79.9. The lowest BCUT2D eigenvalue weighted by Gasteiger charge is -2.30.